The minimum absolute atomic E-state index is 0.286. The number of hydrogen-bond acceptors (Lipinski definition) is 4. The summed E-state index contributed by atoms with van der Waals surface area (Å²) in [5, 5.41) is 4.60. The highest BCUT2D eigenvalue weighted by molar-refractivity contribution is 5.85. The quantitative estimate of drug-likeness (QED) is 0.710. The lowest BCUT2D eigenvalue weighted by Crippen LogP contribution is -2.00. The fourth-order valence-corrected chi connectivity index (χ4v) is 1.67. The van der Waals surface area contributed by atoms with Crippen molar-refractivity contribution < 1.29 is 8.78 Å². The Morgan fingerprint density at radius 2 is 1.94 bits per heavy atom. The van der Waals surface area contributed by atoms with Crippen LogP contribution in [0.25, 0.3) is 16.7 Å². The number of hydrogen-bond donors (Lipinski definition) is 1. The Labute approximate surface area is 99.9 Å². The molecule has 0 bridgehead atoms. The summed E-state index contributed by atoms with van der Waals surface area (Å²) in [5.74, 6) is -1.57. The molecule has 18 heavy (non-hydrogen) atoms. The van der Waals surface area contributed by atoms with E-state index in [1.165, 1.54) is 23.3 Å². The smallest absolute Gasteiger partial charge is 0.168 e. The second kappa shape index (κ2) is 3.73. The number of fused-ring (bicyclic) bond motifs is 1. The molecule has 0 spiro atoms. The summed E-state index contributed by atoms with van der Waals surface area (Å²) in [6.07, 6.45) is 2.77. The van der Waals surface area contributed by atoms with Crippen molar-refractivity contribution in [2.75, 3.05) is 5.73 Å². The first-order valence-corrected chi connectivity index (χ1v) is 5.06. The Morgan fingerprint density at radius 1 is 1.11 bits per heavy atom. The third-order valence-electron chi connectivity index (χ3n) is 2.54. The van der Waals surface area contributed by atoms with E-state index < -0.39 is 11.6 Å². The van der Waals surface area contributed by atoms with Gasteiger partial charge < -0.3 is 5.73 Å². The van der Waals surface area contributed by atoms with Gasteiger partial charge in [-0.25, -0.2) is 23.4 Å². The van der Waals surface area contributed by atoms with Crippen molar-refractivity contribution in [3.63, 3.8) is 0 Å². The largest absolute Gasteiger partial charge is 0.383 e. The molecule has 2 heterocycles. The molecule has 3 aromatic rings. The third-order valence-corrected chi connectivity index (χ3v) is 2.54. The Balaban J connectivity index is 2.25. The predicted octanol–water partition coefficient (Wildman–Crippen LogP) is 1.68. The number of halogens is 2. The molecule has 0 aliphatic rings. The molecule has 90 valence electrons. The van der Waals surface area contributed by atoms with Crippen molar-refractivity contribution in [1.29, 1.82) is 0 Å². The van der Waals surface area contributed by atoms with Gasteiger partial charge in [-0.2, -0.15) is 5.10 Å². The minimum atomic E-state index is -0.946. The summed E-state index contributed by atoms with van der Waals surface area (Å²) in [5.41, 5.74) is 6.46. The minimum Gasteiger partial charge on any atom is -0.383 e. The first-order chi connectivity index (χ1) is 8.66. The fraction of sp³-hybridized carbons (Fsp3) is 0. The second-order valence-electron chi connectivity index (χ2n) is 3.65. The standard InChI is InChI=1S/C11H7F2N5/c12-8-2-1-6(3-9(8)13)18-11-7(4-17-18)10(14)15-5-16-11/h1-5H,(H2,14,15,16). The summed E-state index contributed by atoms with van der Waals surface area (Å²) in [6.45, 7) is 0. The first-order valence-electron chi connectivity index (χ1n) is 5.06. The molecular formula is C11H7F2N5. The third kappa shape index (κ3) is 1.48. The van der Waals surface area contributed by atoms with Crippen molar-refractivity contribution in [1.82, 2.24) is 19.7 Å². The van der Waals surface area contributed by atoms with Crippen molar-refractivity contribution in [2.24, 2.45) is 0 Å². The predicted molar refractivity (Wildman–Crippen MR) is 61.0 cm³/mol. The maximum Gasteiger partial charge on any atom is 0.168 e. The summed E-state index contributed by atoms with van der Waals surface area (Å²) < 4.78 is 27.4. The number of nitrogens with two attached hydrogens (primary N) is 1. The van der Waals surface area contributed by atoms with Crippen molar-refractivity contribution in [3.8, 4) is 5.69 Å². The molecule has 0 saturated carbocycles. The van der Waals surface area contributed by atoms with Crippen LogP contribution in [0.15, 0.2) is 30.7 Å². The molecule has 0 unspecified atom stereocenters. The number of rotatable bonds is 1. The molecule has 0 amide bonds. The van der Waals surface area contributed by atoms with Gasteiger partial charge >= 0.3 is 0 Å². The Hall–Kier alpha value is -2.57. The lowest BCUT2D eigenvalue weighted by Gasteiger charge is -2.03. The topological polar surface area (TPSA) is 69.6 Å². The van der Waals surface area contributed by atoms with E-state index in [1.54, 1.807) is 0 Å². The monoisotopic (exact) mass is 247 g/mol. The van der Waals surface area contributed by atoms with Gasteiger partial charge in [0, 0.05) is 6.07 Å². The molecule has 7 heteroatoms. The highest BCUT2D eigenvalue weighted by Crippen LogP contribution is 2.20. The Bertz CT molecular complexity index is 737. The highest BCUT2D eigenvalue weighted by atomic mass is 19.2. The average molecular weight is 247 g/mol. The number of aromatic nitrogens is 4. The zero-order chi connectivity index (χ0) is 12.7. The van der Waals surface area contributed by atoms with Crippen LogP contribution in [-0.2, 0) is 0 Å². The van der Waals surface area contributed by atoms with Gasteiger partial charge in [-0.15, -0.1) is 0 Å². The zero-order valence-corrected chi connectivity index (χ0v) is 9.01. The van der Waals surface area contributed by atoms with Crippen LogP contribution >= 0.6 is 0 Å². The summed E-state index contributed by atoms with van der Waals surface area (Å²) >= 11 is 0. The van der Waals surface area contributed by atoms with Crippen LogP contribution < -0.4 is 5.73 Å². The number of benzene rings is 1. The number of anilines is 1. The lowest BCUT2D eigenvalue weighted by atomic mass is 10.3. The van der Waals surface area contributed by atoms with Gasteiger partial charge in [-0.1, -0.05) is 0 Å². The van der Waals surface area contributed by atoms with Crippen LogP contribution in [0.1, 0.15) is 0 Å². The molecule has 0 aliphatic carbocycles. The molecule has 1 aromatic carbocycles. The summed E-state index contributed by atoms with van der Waals surface area (Å²) in [7, 11) is 0. The Morgan fingerprint density at radius 3 is 2.72 bits per heavy atom. The van der Waals surface area contributed by atoms with E-state index in [4.69, 9.17) is 5.73 Å². The van der Waals surface area contributed by atoms with Gasteiger partial charge in [0.05, 0.1) is 17.3 Å². The molecule has 0 fully saturated rings. The van der Waals surface area contributed by atoms with Gasteiger partial charge in [0.2, 0.25) is 0 Å². The second-order valence-corrected chi connectivity index (χ2v) is 3.65. The van der Waals surface area contributed by atoms with E-state index in [-0.39, 0.29) is 5.82 Å². The SMILES string of the molecule is Nc1ncnc2c1cnn2-c1ccc(F)c(F)c1. The van der Waals surface area contributed by atoms with Gasteiger partial charge in [0.25, 0.3) is 0 Å². The molecule has 3 rings (SSSR count). The molecule has 2 N–H and O–H groups in total. The molecule has 0 saturated heterocycles. The maximum absolute atomic E-state index is 13.2. The van der Waals surface area contributed by atoms with E-state index in [9.17, 15) is 8.78 Å². The zero-order valence-electron chi connectivity index (χ0n) is 9.01. The van der Waals surface area contributed by atoms with Crippen molar-refractivity contribution >= 4 is 16.9 Å². The average Bonchev–Trinajstić information content (AvgIpc) is 2.78. The number of nitrogen functional groups attached to an aromatic ring is 1. The van der Waals surface area contributed by atoms with Gasteiger partial charge in [-0.3, -0.25) is 0 Å². The van der Waals surface area contributed by atoms with Crippen LogP contribution in [-0.4, -0.2) is 19.7 Å². The number of nitrogens with zero attached hydrogens (tertiary/aromatic N) is 4. The van der Waals surface area contributed by atoms with E-state index in [1.807, 2.05) is 0 Å². The molecule has 2 aromatic heterocycles. The van der Waals surface area contributed by atoms with Crippen molar-refractivity contribution in [3.05, 3.63) is 42.4 Å². The summed E-state index contributed by atoms with van der Waals surface area (Å²) in [6, 6.07) is 3.48. The van der Waals surface area contributed by atoms with Gasteiger partial charge in [-0.05, 0) is 12.1 Å². The highest BCUT2D eigenvalue weighted by Gasteiger charge is 2.11. The lowest BCUT2D eigenvalue weighted by molar-refractivity contribution is 0.507. The first kappa shape index (κ1) is 10.6. The molecule has 0 radical (unpaired) electrons. The normalized spacial score (nSPS) is 11.0. The van der Waals surface area contributed by atoms with E-state index in [2.05, 4.69) is 15.1 Å². The van der Waals surface area contributed by atoms with Gasteiger partial charge in [0.1, 0.15) is 12.1 Å². The van der Waals surface area contributed by atoms with Gasteiger partial charge in [0.15, 0.2) is 17.3 Å². The van der Waals surface area contributed by atoms with E-state index in [0.29, 0.717) is 16.7 Å². The molecule has 0 atom stereocenters. The molecule has 0 aliphatic heterocycles. The Kier molecular flexibility index (Phi) is 2.19. The molecular weight excluding hydrogens is 240 g/mol. The van der Waals surface area contributed by atoms with Crippen LogP contribution in [0.3, 0.4) is 0 Å². The van der Waals surface area contributed by atoms with Crippen LogP contribution in [0, 0.1) is 11.6 Å². The summed E-state index contributed by atoms with van der Waals surface area (Å²) in [4.78, 5) is 7.85. The van der Waals surface area contributed by atoms with Crippen molar-refractivity contribution in [2.45, 2.75) is 0 Å². The van der Waals surface area contributed by atoms with Crippen LogP contribution in [0.2, 0.25) is 0 Å². The fourth-order valence-electron chi connectivity index (χ4n) is 1.67. The molecule has 5 nitrogen and oxygen atoms in total. The van der Waals surface area contributed by atoms with E-state index in [0.717, 1.165) is 12.1 Å². The van der Waals surface area contributed by atoms with Crippen LogP contribution in [0.4, 0.5) is 14.6 Å². The van der Waals surface area contributed by atoms with Crippen LogP contribution in [0.5, 0.6) is 0 Å². The van der Waals surface area contributed by atoms with E-state index >= 15 is 0 Å². The maximum atomic E-state index is 13.2.